The lowest BCUT2D eigenvalue weighted by Gasteiger charge is -2.40. The van der Waals surface area contributed by atoms with Gasteiger partial charge in [0.25, 0.3) is 0 Å². The highest BCUT2D eigenvalue weighted by atomic mass is 16.2. The second-order valence-electron chi connectivity index (χ2n) is 7.86. The standard InChI is InChI=1S/C17H29N5O3/c1-12(2)9-13-15(24)22(8-5-18-13)10-14(23)21-6-3-17(4-7-21)11-19-16(25)20-17/h12-13,18H,3-11H2,1-2H3,(H2,19,20,25)/t13-/m0/s1. The van der Waals surface area contributed by atoms with Crippen LogP contribution in [0.5, 0.6) is 0 Å². The Labute approximate surface area is 148 Å². The van der Waals surface area contributed by atoms with E-state index in [0.717, 1.165) is 25.8 Å². The van der Waals surface area contributed by atoms with Crippen LogP contribution in [0.2, 0.25) is 0 Å². The summed E-state index contributed by atoms with van der Waals surface area (Å²) >= 11 is 0. The van der Waals surface area contributed by atoms with Crippen LogP contribution in [0.15, 0.2) is 0 Å². The van der Waals surface area contributed by atoms with Gasteiger partial charge in [-0.1, -0.05) is 13.8 Å². The normalized spacial score (nSPS) is 26.1. The molecule has 3 N–H and O–H groups in total. The highest BCUT2D eigenvalue weighted by Crippen LogP contribution is 2.24. The van der Waals surface area contributed by atoms with E-state index < -0.39 is 0 Å². The summed E-state index contributed by atoms with van der Waals surface area (Å²) in [6, 6.07) is -0.298. The predicted molar refractivity (Wildman–Crippen MR) is 92.9 cm³/mol. The number of rotatable bonds is 4. The Morgan fingerprint density at radius 3 is 2.56 bits per heavy atom. The van der Waals surface area contributed by atoms with Crippen molar-refractivity contribution >= 4 is 17.8 Å². The van der Waals surface area contributed by atoms with Crippen molar-refractivity contribution in [1.29, 1.82) is 0 Å². The topological polar surface area (TPSA) is 93.8 Å². The first-order valence-corrected chi connectivity index (χ1v) is 9.24. The molecule has 0 aliphatic carbocycles. The highest BCUT2D eigenvalue weighted by Gasteiger charge is 2.41. The monoisotopic (exact) mass is 351 g/mol. The van der Waals surface area contributed by atoms with Crippen molar-refractivity contribution in [2.45, 2.75) is 44.7 Å². The Bertz CT molecular complexity index is 542. The molecule has 0 aromatic heterocycles. The summed E-state index contributed by atoms with van der Waals surface area (Å²) in [6.45, 7) is 7.54. The molecule has 0 saturated carbocycles. The Morgan fingerprint density at radius 2 is 1.96 bits per heavy atom. The van der Waals surface area contributed by atoms with Crippen LogP contribution in [-0.2, 0) is 9.59 Å². The second-order valence-corrected chi connectivity index (χ2v) is 7.86. The zero-order chi connectivity index (χ0) is 18.0. The largest absolute Gasteiger partial charge is 0.341 e. The zero-order valence-electron chi connectivity index (χ0n) is 15.1. The van der Waals surface area contributed by atoms with E-state index in [0.29, 0.717) is 32.1 Å². The third-order valence-corrected chi connectivity index (χ3v) is 5.45. The number of amides is 4. The van der Waals surface area contributed by atoms with E-state index in [2.05, 4.69) is 29.8 Å². The maximum atomic E-state index is 12.6. The number of piperidine rings is 1. The molecule has 0 radical (unpaired) electrons. The van der Waals surface area contributed by atoms with Crippen molar-refractivity contribution in [2.75, 3.05) is 39.3 Å². The summed E-state index contributed by atoms with van der Waals surface area (Å²) < 4.78 is 0. The second kappa shape index (κ2) is 7.19. The average Bonchev–Trinajstić information content (AvgIpc) is 2.92. The number of carbonyl (C=O) groups excluding carboxylic acids is 3. The van der Waals surface area contributed by atoms with Crippen molar-refractivity contribution in [3.63, 3.8) is 0 Å². The molecule has 1 spiro atoms. The van der Waals surface area contributed by atoms with Gasteiger partial charge in [-0.25, -0.2) is 4.79 Å². The molecular formula is C17H29N5O3. The molecule has 0 bridgehead atoms. The van der Waals surface area contributed by atoms with Gasteiger partial charge < -0.3 is 25.8 Å². The first kappa shape index (κ1) is 18.0. The maximum Gasteiger partial charge on any atom is 0.315 e. The first-order valence-electron chi connectivity index (χ1n) is 9.24. The SMILES string of the molecule is CC(C)C[C@@H]1NCCN(CC(=O)N2CCC3(CC2)CNC(=O)N3)C1=O. The van der Waals surface area contributed by atoms with Crippen LogP contribution in [0.4, 0.5) is 4.79 Å². The van der Waals surface area contributed by atoms with E-state index in [1.54, 1.807) is 4.90 Å². The van der Waals surface area contributed by atoms with E-state index in [1.165, 1.54) is 0 Å². The van der Waals surface area contributed by atoms with Crippen LogP contribution >= 0.6 is 0 Å². The van der Waals surface area contributed by atoms with Crippen molar-refractivity contribution in [2.24, 2.45) is 5.92 Å². The van der Waals surface area contributed by atoms with Crippen LogP contribution in [0.1, 0.15) is 33.1 Å². The molecule has 3 fully saturated rings. The van der Waals surface area contributed by atoms with Crippen LogP contribution in [-0.4, -0.2) is 78.5 Å². The van der Waals surface area contributed by atoms with Gasteiger partial charge in [0.1, 0.15) is 0 Å². The van der Waals surface area contributed by atoms with Gasteiger partial charge in [-0.3, -0.25) is 9.59 Å². The van der Waals surface area contributed by atoms with E-state index in [9.17, 15) is 14.4 Å². The van der Waals surface area contributed by atoms with Crippen LogP contribution in [0.25, 0.3) is 0 Å². The molecule has 0 unspecified atom stereocenters. The van der Waals surface area contributed by atoms with Crippen molar-refractivity contribution < 1.29 is 14.4 Å². The summed E-state index contributed by atoms with van der Waals surface area (Å²) in [6.07, 6.45) is 2.30. The van der Waals surface area contributed by atoms with E-state index >= 15 is 0 Å². The van der Waals surface area contributed by atoms with Crippen LogP contribution < -0.4 is 16.0 Å². The molecule has 0 aromatic rings. The van der Waals surface area contributed by atoms with Crippen molar-refractivity contribution in [3.8, 4) is 0 Å². The quantitative estimate of drug-likeness (QED) is 0.637. The summed E-state index contributed by atoms with van der Waals surface area (Å²) in [5.74, 6) is 0.477. The first-order chi connectivity index (χ1) is 11.9. The van der Waals surface area contributed by atoms with Crippen LogP contribution in [0, 0.1) is 5.92 Å². The minimum absolute atomic E-state index is 0.00526. The fourth-order valence-electron chi connectivity index (χ4n) is 3.93. The van der Waals surface area contributed by atoms with Gasteiger partial charge in [0.05, 0.1) is 18.1 Å². The van der Waals surface area contributed by atoms with Gasteiger partial charge in [-0.2, -0.15) is 0 Å². The Morgan fingerprint density at radius 1 is 1.24 bits per heavy atom. The molecule has 3 heterocycles. The number of hydrogen-bond acceptors (Lipinski definition) is 4. The van der Waals surface area contributed by atoms with Gasteiger partial charge in [0, 0.05) is 32.7 Å². The molecule has 0 aromatic carbocycles. The number of carbonyl (C=O) groups is 3. The number of hydrogen-bond donors (Lipinski definition) is 3. The molecule has 3 saturated heterocycles. The van der Waals surface area contributed by atoms with Gasteiger partial charge in [-0.15, -0.1) is 0 Å². The predicted octanol–water partition coefficient (Wildman–Crippen LogP) is -0.493. The van der Waals surface area contributed by atoms with E-state index in [-0.39, 0.29) is 36.0 Å². The number of likely N-dealkylation sites (tertiary alicyclic amines) is 1. The molecule has 8 heteroatoms. The van der Waals surface area contributed by atoms with Gasteiger partial charge in [0.15, 0.2) is 0 Å². The molecule has 1 atom stereocenters. The van der Waals surface area contributed by atoms with Crippen molar-refractivity contribution in [3.05, 3.63) is 0 Å². The summed E-state index contributed by atoms with van der Waals surface area (Å²) in [5.41, 5.74) is -0.207. The Kier molecular flexibility index (Phi) is 5.17. The lowest BCUT2D eigenvalue weighted by molar-refractivity contribution is -0.144. The Balaban J connectivity index is 1.51. The van der Waals surface area contributed by atoms with Gasteiger partial charge in [0.2, 0.25) is 11.8 Å². The molecular weight excluding hydrogens is 322 g/mol. The average molecular weight is 351 g/mol. The number of urea groups is 1. The smallest absolute Gasteiger partial charge is 0.315 e. The lowest BCUT2D eigenvalue weighted by Crippen LogP contribution is -2.59. The van der Waals surface area contributed by atoms with E-state index in [4.69, 9.17) is 0 Å². The molecule has 4 amide bonds. The maximum absolute atomic E-state index is 12.6. The fourth-order valence-corrected chi connectivity index (χ4v) is 3.93. The third kappa shape index (κ3) is 4.05. The molecule has 3 rings (SSSR count). The lowest BCUT2D eigenvalue weighted by atomic mass is 9.88. The number of nitrogens with zero attached hydrogens (tertiary/aromatic N) is 2. The third-order valence-electron chi connectivity index (χ3n) is 5.45. The van der Waals surface area contributed by atoms with E-state index in [1.807, 2.05) is 4.90 Å². The summed E-state index contributed by atoms with van der Waals surface area (Å²) in [7, 11) is 0. The molecule has 25 heavy (non-hydrogen) atoms. The molecule has 3 aliphatic rings. The highest BCUT2D eigenvalue weighted by molar-refractivity contribution is 5.88. The van der Waals surface area contributed by atoms with Gasteiger partial charge >= 0.3 is 6.03 Å². The minimum Gasteiger partial charge on any atom is -0.341 e. The van der Waals surface area contributed by atoms with Gasteiger partial charge in [-0.05, 0) is 25.2 Å². The Hall–Kier alpha value is -1.83. The summed E-state index contributed by atoms with van der Waals surface area (Å²) in [4.78, 5) is 40.1. The molecule has 3 aliphatic heterocycles. The minimum atomic E-state index is -0.207. The van der Waals surface area contributed by atoms with Crippen LogP contribution in [0.3, 0.4) is 0 Å². The number of piperazine rings is 1. The molecule has 8 nitrogen and oxygen atoms in total. The zero-order valence-corrected chi connectivity index (χ0v) is 15.1. The molecule has 140 valence electrons. The fraction of sp³-hybridized carbons (Fsp3) is 0.824. The summed E-state index contributed by atoms with van der Waals surface area (Å²) in [5, 5.41) is 9.04. The van der Waals surface area contributed by atoms with Crippen molar-refractivity contribution in [1.82, 2.24) is 25.8 Å². The number of nitrogens with one attached hydrogen (secondary N) is 3.